The van der Waals surface area contributed by atoms with E-state index in [9.17, 15) is 29.7 Å². The van der Waals surface area contributed by atoms with Crippen LogP contribution in [0.15, 0.2) is 89.9 Å². The average molecular weight is 920 g/mol. The van der Waals surface area contributed by atoms with Gasteiger partial charge in [-0.15, -0.1) is 0 Å². The molecule has 52 heavy (non-hydrogen) atoms. The highest BCUT2D eigenvalue weighted by atomic mass is 35.6. The van der Waals surface area contributed by atoms with Crippen LogP contribution in [0.2, 0.25) is 5.02 Å². The topological polar surface area (TPSA) is 199 Å². The molecular formula is C32H27Cl10N3O7. The molecule has 3 rings (SSSR count). The fraction of sp³-hybridized carbons (Fsp3) is 0.156. The molecule has 0 atom stereocenters. The first kappa shape index (κ1) is 47.4. The van der Waals surface area contributed by atoms with Crippen molar-refractivity contribution >= 4 is 133 Å². The summed E-state index contributed by atoms with van der Waals surface area (Å²) in [6.45, 7) is 1.79. The summed E-state index contributed by atoms with van der Waals surface area (Å²) in [5.41, 5.74) is 16.6. The third-order valence-corrected chi connectivity index (χ3v) is 8.15. The maximum absolute atomic E-state index is 11.8. The van der Waals surface area contributed by atoms with Crippen molar-refractivity contribution in [3.05, 3.63) is 117 Å². The number of hydrogen-bond acceptors (Lipinski definition) is 10. The third-order valence-electron chi connectivity index (χ3n) is 5.95. The number of aromatic hydroxyl groups is 3. The minimum Gasteiger partial charge on any atom is -0.507 e. The predicted octanol–water partition coefficient (Wildman–Crippen LogP) is 9.33. The zero-order valence-electron chi connectivity index (χ0n) is 26.4. The summed E-state index contributed by atoms with van der Waals surface area (Å²) in [4.78, 5) is 35.3. The molecule has 0 aliphatic rings. The Labute approximate surface area is 348 Å². The first-order valence-electron chi connectivity index (χ1n) is 13.6. The zero-order chi connectivity index (χ0) is 40.4. The molecular weight excluding hydrogens is 893 g/mol. The average Bonchev–Trinajstić information content (AvgIpc) is 3.02. The monoisotopic (exact) mass is 915 g/mol. The van der Waals surface area contributed by atoms with Crippen molar-refractivity contribution in [2.45, 2.75) is 18.3 Å². The Morgan fingerprint density at radius 1 is 0.577 bits per heavy atom. The highest BCUT2D eigenvalue weighted by Gasteiger charge is 2.27. The minimum absolute atomic E-state index is 0.0188. The number of carbonyl (C=O) groups excluding carboxylic acids is 3. The molecule has 0 radical (unpaired) electrons. The Hall–Kier alpha value is -2.61. The zero-order valence-corrected chi connectivity index (χ0v) is 34.0. The Morgan fingerprint density at radius 2 is 0.962 bits per heavy atom. The molecule has 0 amide bonds. The molecule has 0 saturated heterocycles. The maximum Gasteiger partial charge on any atom is 0.230 e. The van der Waals surface area contributed by atoms with E-state index < -0.39 is 28.7 Å². The fourth-order valence-corrected chi connectivity index (χ4v) is 3.97. The van der Waals surface area contributed by atoms with Gasteiger partial charge in [-0.1, -0.05) is 128 Å². The number of aryl methyl sites for hydroxylation is 1. The van der Waals surface area contributed by atoms with E-state index in [0.29, 0.717) is 10.8 Å². The van der Waals surface area contributed by atoms with Crippen LogP contribution in [0.4, 0.5) is 0 Å². The molecule has 0 heterocycles. The van der Waals surface area contributed by atoms with Crippen LogP contribution in [0.3, 0.4) is 0 Å². The standard InChI is InChI=1S/C11H10Cl3NO3.C11H10Cl3NO2.C10H7Cl4NO2/c1-18-6-2-3-7(8(16)4-6)9(17)5-10(15)11(12,13)14;1-6-2-3-8(16)7(4-6)9(17)5-10(15)11(12,13)14;11-5-1-2-7(16)6(3-5)8(17)4-9(15)10(12,13)14/h2-5,16H,15H2,1H3;2-5,16H,15H2,1H3;1-4,16H,15H2/b2*10-5-;9-4-. The van der Waals surface area contributed by atoms with Gasteiger partial charge in [-0.25, -0.2) is 0 Å². The van der Waals surface area contributed by atoms with Crippen molar-refractivity contribution in [2.24, 2.45) is 17.2 Å². The van der Waals surface area contributed by atoms with Crippen molar-refractivity contribution in [3.8, 4) is 23.0 Å². The van der Waals surface area contributed by atoms with Gasteiger partial charge in [0.15, 0.2) is 17.3 Å². The Morgan fingerprint density at radius 3 is 1.35 bits per heavy atom. The Balaban J connectivity index is 0.000000390. The molecule has 0 saturated carbocycles. The van der Waals surface area contributed by atoms with Crippen molar-refractivity contribution in [2.75, 3.05) is 7.11 Å². The van der Waals surface area contributed by atoms with E-state index in [1.165, 1.54) is 55.6 Å². The van der Waals surface area contributed by atoms with Crippen molar-refractivity contribution in [1.82, 2.24) is 0 Å². The summed E-state index contributed by atoms with van der Waals surface area (Å²) in [5, 5.41) is 28.9. The number of rotatable bonds is 7. The third kappa shape index (κ3) is 15.8. The SMILES string of the molecule is COc1ccc(C(=O)/C=C(\N)C(Cl)(Cl)Cl)c(O)c1.Cc1ccc(O)c(C(=O)/C=C(\N)C(Cl)(Cl)Cl)c1.N/C(=C\C(=O)c1cc(Cl)ccc1O)C(Cl)(Cl)Cl. The normalized spacial score (nSPS) is 12.5. The van der Waals surface area contributed by atoms with Crippen LogP contribution in [0.5, 0.6) is 23.0 Å². The number of hydrogen-bond donors (Lipinski definition) is 6. The highest BCUT2D eigenvalue weighted by molar-refractivity contribution is 6.70. The number of carbonyl (C=O) groups is 3. The van der Waals surface area contributed by atoms with E-state index in [-0.39, 0.29) is 51.0 Å². The number of halogens is 10. The van der Waals surface area contributed by atoms with Gasteiger partial charge >= 0.3 is 0 Å². The quantitative estimate of drug-likeness (QED) is 0.0754. The molecule has 0 aliphatic carbocycles. The number of ether oxygens (including phenoxy) is 1. The molecule has 0 aliphatic heterocycles. The van der Waals surface area contributed by atoms with Gasteiger partial charge in [0.2, 0.25) is 11.4 Å². The number of nitrogens with two attached hydrogens (primary N) is 3. The van der Waals surface area contributed by atoms with Crippen LogP contribution in [0.25, 0.3) is 0 Å². The molecule has 9 N–H and O–H groups in total. The lowest BCUT2D eigenvalue weighted by Crippen LogP contribution is -2.17. The van der Waals surface area contributed by atoms with E-state index in [2.05, 4.69) is 0 Å². The van der Waals surface area contributed by atoms with Crippen LogP contribution in [0.1, 0.15) is 36.6 Å². The summed E-state index contributed by atoms with van der Waals surface area (Å²) >= 11 is 55.2. The molecule has 20 heteroatoms. The van der Waals surface area contributed by atoms with Crippen molar-refractivity contribution < 1.29 is 34.4 Å². The van der Waals surface area contributed by atoms with Crippen molar-refractivity contribution in [3.63, 3.8) is 0 Å². The van der Waals surface area contributed by atoms with Crippen LogP contribution >= 0.6 is 116 Å². The van der Waals surface area contributed by atoms with E-state index in [0.717, 1.165) is 23.8 Å². The van der Waals surface area contributed by atoms with Crippen LogP contribution in [0, 0.1) is 6.92 Å². The molecule has 0 unspecified atom stereocenters. The van der Waals surface area contributed by atoms with Gasteiger partial charge < -0.3 is 37.3 Å². The Kier molecular flexibility index (Phi) is 18.4. The van der Waals surface area contributed by atoms with Gasteiger partial charge in [0.1, 0.15) is 23.0 Å². The second kappa shape index (κ2) is 20.2. The number of alkyl halides is 9. The minimum atomic E-state index is -1.87. The fourth-order valence-electron chi connectivity index (χ4n) is 3.30. The second-order valence-electron chi connectivity index (χ2n) is 9.95. The molecule has 3 aromatic rings. The summed E-state index contributed by atoms with van der Waals surface area (Å²) < 4.78 is -0.682. The smallest absolute Gasteiger partial charge is 0.230 e. The largest absolute Gasteiger partial charge is 0.507 e. The molecule has 0 aromatic heterocycles. The van der Waals surface area contributed by atoms with Crippen LogP contribution in [-0.2, 0) is 0 Å². The van der Waals surface area contributed by atoms with E-state index >= 15 is 0 Å². The number of benzene rings is 3. The summed E-state index contributed by atoms with van der Waals surface area (Å²) in [5.74, 6) is -1.89. The molecule has 0 bridgehead atoms. The predicted molar refractivity (Wildman–Crippen MR) is 211 cm³/mol. The summed E-state index contributed by atoms with van der Waals surface area (Å²) in [6.07, 6.45) is 2.87. The van der Waals surface area contributed by atoms with E-state index in [1.807, 2.05) is 0 Å². The molecule has 0 spiro atoms. The van der Waals surface area contributed by atoms with E-state index in [4.69, 9.17) is 138 Å². The number of ketones is 3. The summed E-state index contributed by atoms with van der Waals surface area (Å²) in [7, 11) is 1.44. The van der Waals surface area contributed by atoms with E-state index in [1.54, 1.807) is 13.0 Å². The van der Waals surface area contributed by atoms with Gasteiger partial charge in [0, 0.05) is 29.3 Å². The van der Waals surface area contributed by atoms with Gasteiger partial charge in [0.25, 0.3) is 0 Å². The lowest BCUT2D eigenvalue weighted by atomic mass is 10.1. The summed E-state index contributed by atoms with van der Waals surface area (Å²) in [6, 6.07) is 12.8. The molecule has 3 aromatic carbocycles. The highest BCUT2D eigenvalue weighted by Crippen LogP contribution is 2.34. The first-order valence-corrected chi connectivity index (χ1v) is 17.4. The maximum atomic E-state index is 11.8. The van der Waals surface area contributed by atoms with Gasteiger partial charge in [-0.05, 0) is 49.4 Å². The molecule has 0 fully saturated rings. The Bertz CT molecular complexity index is 1790. The number of allylic oxidation sites excluding steroid dienone is 6. The van der Waals surface area contributed by atoms with Gasteiger partial charge in [-0.2, -0.15) is 0 Å². The number of methoxy groups -OCH3 is 1. The van der Waals surface area contributed by atoms with Crippen LogP contribution in [-0.4, -0.2) is 51.2 Å². The number of phenols is 3. The first-order chi connectivity index (χ1) is 23.7. The van der Waals surface area contributed by atoms with Crippen molar-refractivity contribution in [1.29, 1.82) is 0 Å². The number of phenolic OH excluding ortho intramolecular Hbond substituents is 3. The van der Waals surface area contributed by atoms with Crippen LogP contribution < -0.4 is 21.9 Å². The lowest BCUT2D eigenvalue weighted by molar-refractivity contribution is 0.103. The van der Waals surface area contributed by atoms with Gasteiger partial charge in [0.05, 0.1) is 40.9 Å². The van der Waals surface area contributed by atoms with Gasteiger partial charge in [-0.3, -0.25) is 14.4 Å². The molecule has 10 nitrogen and oxygen atoms in total. The second-order valence-corrected chi connectivity index (χ2v) is 17.2. The lowest BCUT2D eigenvalue weighted by Gasteiger charge is -2.10. The molecule has 282 valence electrons.